The van der Waals surface area contributed by atoms with Crippen LogP contribution in [0.4, 0.5) is 0 Å². The SMILES string of the molecule is COc1ccc(C(=O)NCCCc2ccc(Cl)cc2)cc1C. The van der Waals surface area contributed by atoms with Gasteiger partial charge in [0.25, 0.3) is 5.91 Å². The zero-order valence-electron chi connectivity index (χ0n) is 12.9. The fourth-order valence-corrected chi connectivity index (χ4v) is 2.39. The predicted octanol–water partition coefficient (Wildman–Crippen LogP) is 4.02. The lowest BCUT2D eigenvalue weighted by atomic mass is 10.1. The van der Waals surface area contributed by atoms with Gasteiger partial charge in [-0.3, -0.25) is 4.79 Å². The zero-order chi connectivity index (χ0) is 15.9. The molecule has 0 aromatic heterocycles. The molecule has 0 saturated carbocycles. The number of hydrogen-bond acceptors (Lipinski definition) is 2. The molecule has 0 aliphatic rings. The van der Waals surface area contributed by atoms with Gasteiger partial charge in [-0.2, -0.15) is 0 Å². The Balaban J connectivity index is 1.80. The van der Waals surface area contributed by atoms with E-state index in [4.69, 9.17) is 16.3 Å². The summed E-state index contributed by atoms with van der Waals surface area (Å²) in [5.74, 6) is 0.737. The number of hydrogen-bond donors (Lipinski definition) is 1. The third-order valence-electron chi connectivity index (χ3n) is 3.50. The first kappa shape index (κ1) is 16.4. The topological polar surface area (TPSA) is 38.3 Å². The molecular formula is C18H20ClNO2. The van der Waals surface area contributed by atoms with Crippen LogP contribution in [0.1, 0.15) is 27.9 Å². The summed E-state index contributed by atoms with van der Waals surface area (Å²) in [5.41, 5.74) is 2.83. The van der Waals surface area contributed by atoms with Gasteiger partial charge in [0.2, 0.25) is 0 Å². The average molecular weight is 318 g/mol. The van der Waals surface area contributed by atoms with Crippen molar-refractivity contribution in [3.63, 3.8) is 0 Å². The molecule has 2 rings (SSSR count). The maximum atomic E-state index is 12.1. The summed E-state index contributed by atoms with van der Waals surface area (Å²) in [4.78, 5) is 12.1. The Morgan fingerprint density at radius 2 is 1.91 bits per heavy atom. The number of methoxy groups -OCH3 is 1. The van der Waals surface area contributed by atoms with Gasteiger partial charge in [0, 0.05) is 17.1 Å². The largest absolute Gasteiger partial charge is 0.496 e. The van der Waals surface area contributed by atoms with Crippen molar-refractivity contribution in [2.75, 3.05) is 13.7 Å². The van der Waals surface area contributed by atoms with Crippen molar-refractivity contribution < 1.29 is 9.53 Å². The highest BCUT2D eigenvalue weighted by atomic mass is 35.5. The standard InChI is InChI=1S/C18H20ClNO2/c1-13-12-15(7-10-17(13)22-2)18(21)20-11-3-4-14-5-8-16(19)9-6-14/h5-10,12H,3-4,11H2,1-2H3,(H,20,21). The molecule has 0 aliphatic carbocycles. The normalized spacial score (nSPS) is 10.3. The number of rotatable bonds is 6. The van der Waals surface area contributed by atoms with E-state index < -0.39 is 0 Å². The number of aryl methyl sites for hydroxylation is 2. The molecule has 1 N–H and O–H groups in total. The van der Waals surface area contributed by atoms with E-state index in [0.717, 1.165) is 29.2 Å². The minimum Gasteiger partial charge on any atom is -0.496 e. The second-order valence-corrected chi connectivity index (χ2v) is 5.61. The number of ether oxygens (including phenoxy) is 1. The van der Waals surface area contributed by atoms with Crippen LogP contribution in [0.3, 0.4) is 0 Å². The Labute approximate surface area is 136 Å². The molecule has 0 bridgehead atoms. The van der Waals surface area contributed by atoms with Crippen LogP contribution in [-0.2, 0) is 6.42 Å². The van der Waals surface area contributed by atoms with Gasteiger partial charge in [-0.25, -0.2) is 0 Å². The maximum Gasteiger partial charge on any atom is 0.251 e. The minimum absolute atomic E-state index is 0.0538. The summed E-state index contributed by atoms with van der Waals surface area (Å²) in [6.07, 6.45) is 1.81. The fraction of sp³-hybridized carbons (Fsp3) is 0.278. The highest BCUT2D eigenvalue weighted by Crippen LogP contribution is 2.18. The van der Waals surface area contributed by atoms with Crippen molar-refractivity contribution in [3.8, 4) is 5.75 Å². The molecule has 2 aromatic carbocycles. The van der Waals surface area contributed by atoms with Crippen molar-refractivity contribution in [1.29, 1.82) is 0 Å². The van der Waals surface area contributed by atoms with Gasteiger partial charge in [0.05, 0.1) is 7.11 Å². The molecule has 1 amide bonds. The highest BCUT2D eigenvalue weighted by molar-refractivity contribution is 6.30. The minimum atomic E-state index is -0.0538. The van der Waals surface area contributed by atoms with E-state index in [-0.39, 0.29) is 5.91 Å². The van der Waals surface area contributed by atoms with Gasteiger partial charge in [-0.05, 0) is 61.2 Å². The summed E-state index contributed by atoms with van der Waals surface area (Å²) >= 11 is 5.85. The monoisotopic (exact) mass is 317 g/mol. The van der Waals surface area contributed by atoms with E-state index in [0.29, 0.717) is 12.1 Å². The van der Waals surface area contributed by atoms with Gasteiger partial charge in [-0.15, -0.1) is 0 Å². The lowest BCUT2D eigenvalue weighted by molar-refractivity contribution is 0.0953. The molecule has 0 saturated heterocycles. The van der Waals surface area contributed by atoms with Crippen molar-refractivity contribution >= 4 is 17.5 Å². The summed E-state index contributed by atoms with van der Waals surface area (Å²) in [7, 11) is 1.62. The number of halogens is 1. The van der Waals surface area contributed by atoms with Crippen LogP contribution in [0.5, 0.6) is 5.75 Å². The van der Waals surface area contributed by atoms with Gasteiger partial charge >= 0.3 is 0 Å². The Morgan fingerprint density at radius 1 is 1.18 bits per heavy atom. The molecule has 116 valence electrons. The lowest BCUT2D eigenvalue weighted by Gasteiger charge is -2.08. The summed E-state index contributed by atoms with van der Waals surface area (Å²) in [6, 6.07) is 13.2. The summed E-state index contributed by atoms with van der Waals surface area (Å²) in [5, 5.41) is 3.68. The number of nitrogens with one attached hydrogen (secondary N) is 1. The molecule has 0 spiro atoms. The average Bonchev–Trinajstić information content (AvgIpc) is 2.53. The molecule has 0 fully saturated rings. The number of carbonyl (C=O) groups is 1. The van der Waals surface area contributed by atoms with Gasteiger partial charge in [-0.1, -0.05) is 23.7 Å². The first-order valence-corrected chi connectivity index (χ1v) is 7.65. The van der Waals surface area contributed by atoms with Crippen molar-refractivity contribution in [2.24, 2.45) is 0 Å². The third kappa shape index (κ3) is 4.50. The summed E-state index contributed by atoms with van der Waals surface area (Å²) in [6.45, 7) is 2.57. The Kier molecular flexibility index (Phi) is 5.84. The van der Waals surface area contributed by atoms with Gasteiger partial charge < -0.3 is 10.1 Å². The first-order chi connectivity index (χ1) is 10.6. The van der Waals surface area contributed by atoms with Gasteiger partial charge in [0.15, 0.2) is 0 Å². The van der Waals surface area contributed by atoms with Crippen LogP contribution in [-0.4, -0.2) is 19.6 Å². The summed E-state index contributed by atoms with van der Waals surface area (Å²) < 4.78 is 5.19. The molecular weight excluding hydrogens is 298 g/mol. The Hall–Kier alpha value is -2.00. The van der Waals surface area contributed by atoms with Crippen molar-refractivity contribution in [1.82, 2.24) is 5.32 Å². The number of amides is 1. The Morgan fingerprint density at radius 3 is 2.55 bits per heavy atom. The van der Waals surface area contributed by atoms with Crippen LogP contribution in [0.25, 0.3) is 0 Å². The van der Waals surface area contributed by atoms with Crippen LogP contribution in [0.15, 0.2) is 42.5 Å². The van der Waals surface area contributed by atoms with Crippen LogP contribution < -0.4 is 10.1 Å². The van der Waals surface area contributed by atoms with Crippen LogP contribution in [0, 0.1) is 6.92 Å². The van der Waals surface area contributed by atoms with Crippen LogP contribution >= 0.6 is 11.6 Å². The zero-order valence-corrected chi connectivity index (χ0v) is 13.6. The molecule has 2 aromatic rings. The molecule has 22 heavy (non-hydrogen) atoms. The van der Waals surface area contributed by atoms with E-state index >= 15 is 0 Å². The van der Waals surface area contributed by atoms with Crippen molar-refractivity contribution in [3.05, 3.63) is 64.2 Å². The molecule has 0 heterocycles. The predicted molar refractivity (Wildman–Crippen MR) is 89.8 cm³/mol. The molecule has 4 heteroatoms. The number of benzene rings is 2. The quantitative estimate of drug-likeness (QED) is 0.817. The van der Waals surface area contributed by atoms with E-state index in [2.05, 4.69) is 5.32 Å². The first-order valence-electron chi connectivity index (χ1n) is 7.27. The second-order valence-electron chi connectivity index (χ2n) is 5.17. The van der Waals surface area contributed by atoms with E-state index in [1.807, 2.05) is 43.3 Å². The smallest absolute Gasteiger partial charge is 0.251 e. The molecule has 0 atom stereocenters. The highest BCUT2D eigenvalue weighted by Gasteiger charge is 2.07. The molecule has 0 unspecified atom stereocenters. The van der Waals surface area contributed by atoms with E-state index in [1.54, 1.807) is 13.2 Å². The molecule has 3 nitrogen and oxygen atoms in total. The third-order valence-corrected chi connectivity index (χ3v) is 3.75. The second kappa shape index (κ2) is 7.85. The Bertz CT molecular complexity index is 638. The van der Waals surface area contributed by atoms with E-state index in [9.17, 15) is 4.79 Å². The number of carbonyl (C=O) groups excluding carboxylic acids is 1. The van der Waals surface area contributed by atoms with Crippen molar-refractivity contribution in [2.45, 2.75) is 19.8 Å². The lowest BCUT2D eigenvalue weighted by Crippen LogP contribution is -2.24. The van der Waals surface area contributed by atoms with Crippen LogP contribution in [0.2, 0.25) is 5.02 Å². The molecule has 0 radical (unpaired) electrons. The maximum absolute atomic E-state index is 12.1. The van der Waals surface area contributed by atoms with Gasteiger partial charge in [0.1, 0.15) is 5.75 Å². The fourth-order valence-electron chi connectivity index (χ4n) is 2.27. The molecule has 0 aliphatic heterocycles. The van der Waals surface area contributed by atoms with E-state index in [1.165, 1.54) is 5.56 Å².